The molecule has 5 rings (SSSR count). The van der Waals surface area contributed by atoms with Gasteiger partial charge in [0.25, 0.3) is 0 Å². The Morgan fingerprint density at radius 2 is 1.72 bits per heavy atom. The standard InChI is InChI=1S/C27H26BrNO3/c1-27(2)13-19-17-10-9-15-7-5-6-8-16(15)25(17)29-26(24(19)21(30)14-27)18-11-22(31-3)23(32-4)12-20(18)28/h5-12,26,29H,13-14H2,1-4H3/t26-/m1/s1. The van der Waals surface area contributed by atoms with E-state index >= 15 is 0 Å². The number of hydrogen-bond donors (Lipinski definition) is 1. The fourth-order valence-corrected chi connectivity index (χ4v) is 5.68. The molecule has 0 aromatic heterocycles. The number of allylic oxidation sites excluding steroid dienone is 1. The summed E-state index contributed by atoms with van der Waals surface area (Å²) in [7, 11) is 3.25. The molecule has 4 nitrogen and oxygen atoms in total. The highest BCUT2D eigenvalue weighted by atomic mass is 79.9. The molecule has 0 spiro atoms. The lowest BCUT2D eigenvalue weighted by molar-refractivity contribution is -0.118. The number of carbonyl (C=O) groups excluding carboxylic acids is 1. The summed E-state index contributed by atoms with van der Waals surface area (Å²) in [6.07, 6.45) is 1.40. The summed E-state index contributed by atoms with van der Waals surface area (Å²) in [6.45, 7) is 4.36. The first-order chi connectivity index (χ1) is 15.3. The Hall–Kier alpha value is -2.79. The van der Waals surface area contributed by atoms with Crippen molar-refractivity contribution in [2.75, 3.05) is 19.5 Å². The van der Waals surface area contributed by atoms with E-state index in [1.54, 1.807) is 14.2 Å². The van der Waals surface area contributed by atoms with Crippen molar-refractivity contribution >= 4 is 43.7 Å². The molecule has 1 aliphatic carbocycles. The molecule has 1 N–H and O–H groups in total. The van der Waals surface area contributed by atoms with Crippen LogP contribution in [0.1, 0.15) is 43.9 Å². The smallest absolute Gasteiger partial charge is 0.162 e. The number of anilines is 1. The fourth-order valence-electron chi connectivity index (χ4n) is 5.13. The molecule has 164 valence electrons. The molecule has 3 aromatic rings. The van der Waals surface area contributed by atoms with Crippen molar-refractivity contribution in [2.45, 2.75) is 32.7 Å². The average Bonchev–Trinajstić information content (AvgIpc) is 2.77. The van der Waals surface area contributed by atoms with Crippen LogP contribution in [0.4, 0.5) is 5.69 Å². The second-order valence-corrected chi connectivity index (χ2v) is 10.2. The third-order valence-electron chi connectivity index (χ3n) is 6.57. The Balaban J connectivity index is 1.79. The predicted molar refractivity (Wildman–Crippen MR) is 132 cm³/mol. The van der Waals surface area contributed by atoms with Crippen LogP contribution in [0.5, 0.6) is 11.5 Å². The number of ether oxygens (including phenoxy) is 2. The van der Waals surface area contributed by atoms with Crippen LogP contribution in [0, 0.1) is 5.41 Å². The minimum atomic E-state index is -0.277. The summed E-state index contributed by atoms with van der Waals surface area (Å²) >= 11 is 3.73. The van der Waals surface area contributed by atoms with Gasteiger partial charge < -0.3 is 14.8 Å². The van der Waals surface area contributed by atoms with Gasteiger partial charge in [-0.3, -0.25) is 4.79 Å². The van der Waals surface area contributed by atoms with E-state index in [2.05, 4.69) is 71.5 Å². The first-order valence-electron chi connectivity index (χ1n) is 10.8. The van der Waals surface area contributed by atoms with E-state index in [0.29, 0.717) is 17.9 Å². The maximum atomic E-state index is 13.5. The molecule has 0 amide bonds. The highest BCUT2D eigenvalue weighted by Crippen LogP contribution is 2.53. The molecule has 32 heavy (non-hydrogen) atoms. The van der Waals surface area contributed by atoms with Crippen molar-refractivity contribution in [3.05, 3.63) is 69.7 Å². The van der Waals surface area contributed by atoms with Crippen LogP contribution in [0.3, 0.4) is 0 Å². The molecule has 1 heterocycles. The molecule has 0 saturated heterocycles. The molecule has 0 unspecified atom stereocenters. The first kappa shape index (κ1) is 21.1. The van der Waals surface area contributed by atoms with Crippen LogP contribution in [-0.2, 0) is 4.79 Å². The van der Waals surface area contributed by atoms with Crippen LogP contribution in [0.2, 0.25) is 0 Å². The number of methoxy groups -OCH3 is 2. The van der Waals surface area contributed by atoms with Gasteiger partial charge in [-0.25, -0.2) is 0 Å². The molecular weight excluding hydrogens is 466 g/mol. The molecule has 0 radical (unpaired) electrons. The van der Waals surface area contributed by atoms with Gasteiger partial charge >= 0.3 is 0 Å². The summed E-state index contributed by atoms with van der Waals surface area (Å²) in [5.41, 5.74) is 5.11. The highest BCUT2D eigenvalue weighted by molar-refractivity contribution is 9.10. The van der Waals surface area contributed by atoms with Crippen molar-refractivity contribution in [1.82, 2.24) is 0 Å². The largest absolute Gasteiger partial charge is 0.493 e. The van der Waals surface area contributed by atoms with Crippen molar-refractivity contribution in [2.24, 2.45) is 5.41 Å². The molecule has 0 fully saturated rings. The molecular formula is C27H26BrNO3. The molecule has 0 saturated carbocycles. The Labute approximate surface area is 196 Å². The van der Waals surface area contributed by atoms with Crippen LogP contribution >= 0.6 is 15.9 Å². The minimum Gasteiger partial charge on any atom is -0.493 e. The van der Waals surface area contributed by atoms with Gasteiger partial charge in [0.1, 0.15) is 0 Å². The normalized spacial score (nSPS) is 19.3. The van der Waals surface area contributed by atoms with E-state index in [1.165, 1.54) is 5.39 Å². The van der Waals surface area contributed by atoms with Gasteiger partial charge in [0, 0.05) is 27.4 Å². The lowest BCUT2D eigenvalue weighted by atomic mass is 9.68. The Morgan fingerprint density at radius 1 is 1.00 bits per heavy atom. The Bertz CT molecular complexity index is 1290. The van der Waals surface area contributed by atoms with Gasteiger partial charge in [0.05, 0.1) is 25.9 Å². The SMILES string of the molecule is COc1cc(Br)c([C@H]2Nc3c(ccc4ccccc34)C3=C2C(=O)CC(C)(C)C3)cc1OC. The van der Waals surface area contributed by atoms with E-state index in [-0.39, 0.29) is 17.2 Å². The van der Waals surface area contributed by atoms with Crippen LogP contribution in [-0.4, -0.2) is 20.0 Å². The Kier molecular flexibility index (Phi) is 5.05. The second kappa shape index (κ2) is 7.66. The van der Waals surface area contributed by atoms with Crippen LogP contribution < -0.4 is 14.8 Å². The number of fused-ring (bicyclic) bond motifs is 4. The molecule has 1 aliphatic heterocycles. The number of hydrogen-bond acceptors (Lipinski definition) is 4. The summed E-state index contributed by atoms with van der Waals surface area (Å²) in [4.78, 5) is 13.5. The minimum absolute atomic E-state index is 0.0739. The second-order valence-electron chi connectivity index (χ2n) is 9.35. The van der Waals surface area contributed by atoms with E-state index < -0.39 is 0 Å². The zero-order valence-corrected chi connectivity index (χ0v) is 20.3. The average molecular weight is 492 g/mol. The van der Waals surface area contributed by atoms with Crippen molar-refractivity contribution < 1.29 is 14.3 Å². The number of rotatable bonds is 3. The van der Waals surface area contributed by atoms with E-state index in [9.17, 15) is 4.79 Å². The topological polar surface area (TPSA) is 47.6 Å². The number of nitrogens with one attached hydrogen (secondary N) is 1. The van der Waals surface area contributed by atoms with Crippen molar-refractivity contribution in [1.29, 1.82) is 0 Å². The molecule has 2 aliphatic rings. The van der Waals surface area contributed by atoms with Gasteiger partial charge in [-0.2, -0.15) is 0 Å². The van der Waals surface area contributed by atoms with Gasteiger partial charge in [0.15, 0.2) is 17.3 Å². The Morgan fingerprint density at radius 3 is 2.47 bits per heavy atom. The third kappa shape index (κ3) is 3.30. The zero-order valence-electron chi connectivity index (χ0n) is 18.7. The quantitative estimate of drug-likeness (QED) is 0.431. The molecule has 1 atom stereocenters. The van der Waals surface area contributed by atoms with E-state index in [1.807, 2.05) is 12.1 Å². The summed E-state index contributed by atoms with van der Waals surface area (Å²) < 4.78 is 11.9. The third-order valence-corrected chi connectivity index (χ3v) is 7.25. The summed E-state index contributed by atoms with van der Waals surface area (Å²) in [5, 5.41) is 6.07. The zero-order chi connectivity index (χ0) is 22.6. The lowest BCUT2D eigenvalue weighted by Gasteiger charge is -2.40. The van der Waals surface area contributed by atoms with Crippen molar-refractivity contribution in [3.8, 4) is 11.5 Å². The van der Waals surface area contributed by atoms with Crippen LogP contribution in [0.25, 0.3) is 16.3 Å². The summed E-state index contributed by atoms with van der Waals surface area (Å²) in [6, 6.07) is 16.3. The highest BCUT2D eigenvalue weighted by Gasteiger charge is 2.41. The van der Waals surface area contributed by atoms with E-state index in [0.717, 1.165) is 44.2 Å². The number of carbonyl (C=O) groups is 1. The monoisotopic (exact) mass is 491 g/mol. The van der Waals surface area contributed by atoms with Gasteiger partial charge in [-0.15, -0.1) is 0 Å². The van der Waals surface area contributed by atoms with Gasteiger partial charge in [0.2, 0.25) is 0 Å². The van der Waals surface area contributed by atoms with Gasteiger partial charge in [-0.1, -0.05) is 66.2 Å². The summed E-state index contributed by atoms with van der Waals surface area (Å²) in [5.74, 6) is 1.49. The predicted octanol–water partition coefficient (Wildman–Crippen LogP) is 6.93. The van der Waals surface area contributed by atoms with Gasteiger partial charge in [-0.05, 0) is 40.5 Å². The number of ketones is 1. The lowest BCUT2D eigenvalue weighted by Crippen LogP contribution is -2.33. The number of benzene rings is 3. The molecule has 5 heteroatoms. The van der Waals surface area contributed by atoms with Crippen molar-refractivity contribution in [3.63, 3.8) is 0 Å². The fraction of sp³-hybridized carbons (Fsp3) is 0.296. The van der Waals surface area contributed by atoms with E-state index in [4.69, 9.17) is 9.47 Å². The number of halogens is 1. The maximum Gasteiger partial charge on any atom is 0.162 e. The molecule has 0 bridgehead atoms. The first-order valence-corrected chi connectivity index (χ1v) is 11.6. The maximum absolute atomic E-state index is 13.5. The van der Waals surface area contributed by atoms with Crippen LogP contribution in [0.15, 0.2) is 58.6 Å². The molecule has 3 aromatic carbocycles. The number of Topliss-reactive ketones (excluding diaryl/α,β-unsaturated/α-hetero) is 1.